The molecule has 0 aromatic heterocycles. The highest BCUT2D eigenvalue weighted by atomic mass is 19.4. The zero-order valence-corrected chi connectivity index (χ0v) is 3.12. The Morgan fingerprint density at radius 1 is 1.43 bits per heavy atom. The minimum Gasteiger partial charge on any atom is -0.453 e. The highest BCUT2D eigenvalue weighted by molar-refractivity contribution is 5.08. The molecule has 0 bridgehead atoms. The first-order chi connectivity index (χ1) is 3.11. The van der Waals surface area contributed by atoms with Crippen molar-refractivity contribution in [1.82, 2.24) is 0 Å². The fraction of sp³-hybridized carbons (Fsp3) is 0.333. The molecule has 0 fully saturated rings. The second-order valence-electron chi connectivity index (χ2n) is 1.10. The van der Waals surface area contributed by atoms with Crippen molar-refractivity contribution in [3.05, 3.63) is 12.0 Å². The van der Waals surface area contributed by atoms with Crippen molar-refractivity contribution < 1.29 is 17.9 Å². The van der Waals surface area contributed by atoms with E-state index >= 15 is 0 Å². The molecule has 0 saturated carbocycles. The smallest absolute Gasteiger partial charge is 0.452 e. The van der Waals surface area contributed by atoms with Crippen LogP contribution in [0.5, 0.6) is 0 Å². The fourth-order valence-electron chi connectivity index (χ4n) is 0.163. The maximum Gasteiger partial charge on any atom is 0.452 e. The van der Waals surface area contributed by atoms with Crippen molar-refractivity contribution in [2.45, 2.75) is 6.18 Å². The summed E-state index contributed by atoms with van der Waals surface area (Å²) in [6.07, 6.45) is -3.58. The van der Waals surface area contributed by atoms with E-state index < -0.39 is 11.9 Å². The first-order valence-electron chi connectivity index (χ1n) is 1.55. The van der Waals surface area contributed by atoms with Gasteiger partial charge in [0.1, 0.15) is 6.26 Å². The normalized spacial score (nSPS) is 17.9. The van der Waals surface area contributed by atoms with Gasteiger partial charge < -0.3 is 4.74 Å². The van der Waals surface area contributed by atoms with Gasteiger partial charge in [0.25, 0.3) is 0 Å². The lowest BCUT2D eigenvalue weighted by Crippen LogP contribution is -2.03. The van der Waals surface area contributed by atoms with Crippen LogP contribution in [0.15, 0.2) is 12.0 Å². The van der Waals surface area contributed by atoms with Crippen molar-refractivity contribution in [3.8, 4) is 0 Å². The first-order valence-corrected chi connectivity index (χ1v) is 1.55. The lowest BCUT2D eigenvalue weighted by molar-refractivity contribution is -0.103. The zero-order valence-electron chi connectivity index (χ0n) is 3.12. The van der Waals surface area contributed by atoms with Gasteiger partial charge in [-0.1, -0.05) is 0 Å². The van der Waals surface area contributed by atoms with Crippen molar-refractivity contribution in [1.29, 1.82) is 0 Å². The zero-order chi connectivity index (χ0) is 5.49. The Hall–Kier alpha value is -0.670. The number of halogens is 3. The largest absolute Gasteiger partial charge is 0.453 e. The molecule has 0 amide bonds. The second kappa shape index (κ2) is 0.936. The lowest BCUT2D eigenvalue weighted by Gasteiger charge is -1.92. The van der Waals surface area contributed by atoms with Crippen LogP contribution >= 0.6 is 0 Å². The third kappa shape index (κ3) is 0.852. The Morgan fingerprint density at radius 2 is 1.86 bits per heavy atom. The minimum absolute atomic E-state index is 0.667. The molecule has 0 aliphatic carbocycles. The van der Waals surface area contributed by atoms with Crippen LogP contribution in [0, 0.1) is 0 Å². The van der Waals surface area contributed by atoms with Crippen LogP contribution in [0.4, 0.5) is 13.2 Å². The van der Waals surface area contributed by atoms with Gasteiger partial charge in [-0.2, -0.15) is 13.2 Å². The quantitative estimate of drug-likeness (QED) is 0.459. The third-order valence-corrected chi connectivity index (χ3v) is 0.515. The van der Waals surface area contributed by atoms with E-state index in [1.807, 2.05) is 0 Å². The highest BCUT2D eigenvalue weighted by Gasteiger charge is 2.42. The van der Waals surface area contributed by atoms with Crippen molar-refractivity contribution in [3.63, 3.8) is 0 Å². The van der Waals surface area contributed by atoms with Gasteiger partial charge in [-0.15, -0.1) is 0 Å². The number of rotatable bonds is 0. The molecule has 40 valence electrons. The van der Waals surface area contributed by atoms with Crippen LogP contribution in [0.3, 0.4) is 0 Å². The molecule has 0 spiro atoms. The molecule has 1 nitrogen and oxygen atoms in total. The van der Waals surface area contributed by atoms with Crippen LogP contribution in [0.2, 0.25) is 0 Å². The van der Waals surface area contributed by atoms with E-state index in [1.165, 1.54) is 0 Å². The van der Waals surface area contributed by atoms with E-state index in [0.29, 0.717) is 6.26 Å². The SMILES string of the molecule is FC(F)(F)C1=CO1. The van der Waals surface area contributed by atoms with Crippen molar-refractivity contribution in [2.75, 3.05) is 0 Å². The Kier molecular flexibility index (Phi) is 0.600. The molecule has 1 aliphatic heterocycles. The molecule has 0 aromatic rings. The Labute approximate surface area is 37.4 Å². The monoisotopic (exact) mass is 110 g/mol. The number of ether oxygens (including phenoxy) is 1. The Balaban J connectivity index is 2.53. The van der Waals surface area contributed by atoms with Crippen LogP contribution in [-0.2, 0) is 4.74 Å². The number of allylic oxidation sites excluding steroid dienone is 1. The standard InChI is InChI=1S/C3HF3O/c4-3(5,6)2-1-7-2/h1H. The van der Waals surface area contributed by atoms with E-state index in [2.05, 4.69) is 4.74 Å². The van der Waals surface area contributed by atoms with Gasteiger partial charge in [0.15, 0.2) is 0 Å². The maximum absolute atomic E-state index is 11.0. The van der Waals surface area contributed by atoms with Crippen LogP contribution in [0.1, 0.15) is 0 Å². The van der Waals surface area contributed by atoms with Gasteiger partial charge >= 0.3 is 6.18 Å². The third-order valence-electron chi connectivity index (χ3n) is 0.515. The molecular weight excluding hydrogens is 109 g/mol. The number of alkyl halides is 3. The van der Waals surface area contributed by atoms with E-state index in [1.54, 1.807) is 0 Å². The summed E-state index contributed by atoms with van der Waals surface area (Å²) in [7, 11) is 0. The number of hydrogen-bond donors (Lipinski definition) is 0. The molecule has 4 heteroatoms. The molecule has 0 aromatic carbocycles. The molecule has 1 rings (SSSR count). The molecule has 1 heterocycles. The van der Waals surface area contributed by atoms with Gasteiger partial charge in [-0.05, 0) is 0 Å². The van der Waals surface area contributed by atoms with Crippen LogP contribution in [-0.4, -0.2) is 6.18 Å². The van der Waals surface area contributed by atoms with Gasteiger partial charge in [0.2, 0.25) is 5.76 Å². The first kappa shape index (κ1) is 4.49. The van der Waals surface area contributed by atoms with Gasteiger partial charge in [0.05, 0.1) is 0 Å². The summed E-state index contributed by atoms with van der Waals surface area (Å²) in [5.74, 6) is -0.882. The summed E-state index contributed by atoms with van der Waals surface area (Å²) in [6, 6.07) is 0. The second-order valence-corrected chi connectivity index (χ2v) is 1.10. The molecule has 0 unspecified atom stereocenters. The summed E-state index contributed by atoms with van der Waals surface area (Å²) in [6.45, 7) is 0. The highest BCUT2D eigenvalue weighted by Crippen LogP contribution is 2.33. The van der Waals surface area contributed by atoms with E-state index in [-0.39, 0.29) is 0 Å². The molecule has 0 N–H and O–H groups in total. The molecule has 1 aliphatic rings. The molecule has 7 heavy (non-hydrogen) atoms. The summed E-state index contributed by atoms with van der Waals surface area (Å²) in [4.78, 5) is 0. The Morgan fingerprint density at radius 3 is 1.86 bits per heavy atom. The summed E-state index contributed by atoms with van der Waals surface area (Å²) in [5.41, 5.74) is 0. The molecule has 0 saturated heterocycles. The predicted molar refractivity (Wildman–Crippen MR) is 15.2 cm³/mol. The number of hydrogen-bond acceptors (Lipinski definition) is 1. The van der Waals surface area contributed by atoms with Gasteiger partial charge in [0, 0.05) is 0 Å². The Bertz CT molecular complexity index is 112. The molecular formula is C3HF3O. The van der Waals surface area contributed by atoms with Crippen LogP contribution in [0.25, 0.3) is 0 Å². The van der Waals surface area contributed by atoms with E-state index in [9.17, 15) is 13.2 Å². The van der Waals surface area contributed by atoms with Gasteiger partial charge in [-0.25, -0.2) is 0 Å². The molecule has 0 radical (unpaired) electrons. The summed E-state index contributed by atoms with van der Waals surface area (Å²) < 4.78 is 36.9. The van der Waals surface area contributed by atoms with E-state index in [0.717, 1.165) is 0 Å². The maximum atomic E-state index is 11.0. The fourth-order valence-corrected chi connectivity index (χ4v) is 0.163. The van der Waals surface area contributed by atoms with Crippen LogP contribution < -0.4 is 0 Å². The van der Waals surface area contributed by atoms with Crippen molar-refractivity contribution >= 4 is 0 Å². The average molecular weight is 110 g/mol. The average Bonchev–Trinajstić information content (AvgIpc) is 1.99. The predicted octanol–water partition coefficient (Wildman–Crippen LogP) is 1.42. The van der Waals surface area contributed by atoms with E-state index in [4.69, 9.17) is 0 Å². The molecule has 0 atom stereocenters. The lowest BCUT2D eigenvalue weighted by atomic mass is 10.6. The minimum atomic E-state index is -4.25. The van der Waals surface area contributed by atoms with Crippen molar-refractivity contribution in [2.24, 2.45) is 0 Å². The van der Waals surface area contributed by atoms with Gasteiger partial charge in [-0.3, -0.25) is 0 Å². The topological polar surface area (TPSA) is 12.5 Å². The summed E-state index contributed by atoms with van der Waals surface area (Å²) in [5, 5.41) is 0. The summed E-state index contributed by atoms with van der Waals surface area (Å²) >= 11 is 0.